The highest BCUT2D eigenvalue weighted by atomic mass is 35.5. The van der Waals surface area contributed by atoms with Gasteiger partial charge in [-0.2, -0.15) is 13.2 Å². The number of carboxylic acid groups (broad SMARTS) is 1. The third-order valence-electron chi connectivity index (χ3n) is 3.66. The Labute approximate surface area is 173 Å². The predicted molar refractivity (Wildman–Crippen MR) is 103 cm³/mol. The van der Waals surface area contributed by atoms with Crippen molar-refractivity contribution in [1.29, 1.82) is 0 Å². The van der Waals surface area contributed by atoms with Gasteiger partial charge in [0.05, 0.1) is 10.7 Å². The molecule has 2 aromatic heterocycles. The van der Waals surface area contributed by atoms with Crippen molar-refractivity contribution < 1.29 is 23.1 Å². The van der Waals surface area contributed by atoms with Crippen LogP contribution in [0.15, 0.2) is 36.7 Å². The molecule has 5 N–H and O–H groups in total. The molecule has 12 heteroatoms. The van der Waals surface area contributed by atoms with Crippen LogP contribution in [0.5, 0.6) is 0 Å². The molecule has 0 aliphatic heterocycles. The Hall–Kier alpha value is -2.40. The van der Waals surface area contributed by atoms with Gasteiger partial charge in [-0.1, -0.05) is 23.2 Å². The van der Waals surface area contributed by atoms with E-state index in [2.05, 4.69) is 9.97 Å². The molecule has 156 valence electrons. The SMILES string of the molecule is NCC(N)Cc1nc(-c2ccc(Cl)cc2Cl)cc2nccn12.O=C(O)C(F)(F)F. The van der Waals surface area contributed by atoms with E-state index in [1.807, 2.05) is 22.7 Å². The van der Waals surface area contributed by atoms with Crippen LogP contribution < -0.4 is 11.5 Å². The molecule has 3 rings (SSSR count). The zero-order valence-corrected chi connectivity index (χ0v) is 16.2. The summed E-state index contributed by atoms with van der Waals surface area (Å²) in [5.41, 5.74) is 13.9. The molecule has 0 radical (unpaired) electrons. The number of hydrogen-bond donors (Lipinski definition) is 3. The maximum absolute atomic E-state index is 10.6. The monoisotopic (exact) mass is 449 g/mol. The summed E-state index contributed by atoms with van der Waals surface area (Å²) < 4.78 is 33.6. The van der Waals surface area contributed by atoms with Gasteiger partial charge in [-0.3, -0.25) is 4.40 Å². The molecule has 3 aromatic rings. The lowest BCUT2D eigenvalue weighted by Crippen LogP contribution is -2.32. The first-order valence-corrected chi connectivity index (χ1v) is 8.82. The molecule has 0 saturated heterocycles. The average Bonchev–Trinajstić information content (AvgIpc) is 3.10. The van der Waals surface area contributed by atoms with Gasteiger partial charge in [0.1, 0.15) is 11.5 Å². The summed E-state index contributed by atoms with van der Waals surface area (Å²) in [6.07, 6.45) is -0.946. The maximum atomic E-state index is 10.6. The van der Waals surface area contributed by atoms with Crippen LogP contribution >= 0.6 is 23.2 Å². The maximum Gasteiger partial charge on any atom is 0.490 e. The van der Waals surface area contributed by atoms with Crippen LogP contribution in [0, 0.1) is 0 Å². The van der Waals surface area contributed by atoms with Crippen LogP contribution in [0.4, 0.5) is 13.2 Å². The molecular formula is C17H16Cl2F3N5O2. The summed E-state index contributed by atoms with van der Waals surface area (Å²) in [7, 11) is 0. The lowest BCUT2D eigenvalue weighted by Gasteiger charge is -2.12. The highest BCUT2D eigenvalue weighted by Crippen LogP contribution is 2.30. The number of benzene rings is 1. The van der Waals surface area contributed by atoms with Gasteiger partial charge in [0.25, 0.3) is 0 Å². The zero-order chi connectivity index (χ0) is 21.8. The van der Waals surface area contributed by atoms with E-state index in [1.165, 1.54) is 0 Å². The van der Waals surface area contributed by atoms with Crippen LogP contribution in [0.1, 0.15) is 5.82 Å². The molecule has 0 saturated carbocycles. The van der Waals surface area contributed by atoms with E-state index in [0.717, 1.165) is 22.7 Å². The lowest BCUT2D eigenvalue weighted by atomic mass is 10.1. The fourth-order valence-electron chi connectivity index (χ4n) is 2.28. The predicted octanol–water partition coefficient (Wildman–Crippen LogP) is 3.16. The summed E-state index contributed by atoms with van der Waals surface area (Å²) in [6, 6.07) is 7.05. The number of rotatable bonds is 4. The first-order chi connectivity index (χ1) is 13.5. The lowest BCUT2D eigenvalue weighted by molar-refractivity contribution is -0.192. The summed E-state index contributed by atoms with van der Waals surface area (Å²) in [5.74, 6) is -1.96. The fourth-order valence-corrected chi connectivity index (χ4v) is 2.79. The standard InChI is InChI=1S/C15H15Cl2N5.C2HF3O2/c16-9-1-2-11(12(17)5-9)13-7-14-20-3-4-22(14)15(21-13)6-10(19)8-18;3-2(4,5)1(6)7/h1-5,7,10H,6,8,18-19H2;(H,6,7). The molecule has 1 aromatic carbocycles. The smallest absolute Gasteiger partial charge is 0.475 e. The number of carboxylic acids is 1. The van der Waals surface area contributed by atoms with Crippen molar-refractivity contribution in [2.75, 3.05) is 6.54 Å². The second kappa shape index (κ2) is 9.40. The molecular weight excluding hydrogens is 434 g/mol. The van der Waals surface area contributed by atoms with E-state index in [4.69, 9.17) is 44.6 Å². The Morgan fingerprint density at radius 3 is 2.48 bits per heavy atom. The van der Waals surface area contributed by atoms with Crippen LogP contribution in [0.2, 0.25) is 10.0 Å². The summed E-state index contributed by atoms with van der Waals surface area (Å²) in [6.45, 7) is 0.393. The van der Waals surface area contributed by atoms with E-state index >= 15 is 0 Å². The number of imidazole rings is 1. The Morgan fingerprint density at radius 2 is 1.93 bits per heavy atom. The number of carbonyl (C=O) groups is 1. The number of nitrogens with two attached hydrogens (primary N) is 2. The molecule has 29 heavy (non-hydrogen) atoms. The first-order valence-electron chi connectivity index (χ1n) is 8.07. The van der Waals surface area contributed by atoms with E-state index in [9.17, 15) is 13.2 Å². The molecule has 0 aliphatic carbocycles. The number of aliphatic carboxylic acids is 1. The normalized spacial score (nSPS) is 12.4. The second-order valence-corrected chi connectivity index (χ2v) is 6.68. The fraction of sp³-hybridized carbons (Fsp3) is 0.235. The number of hydrogen-bond acceptors (Lipinski definition) is 5. The summed E-state index contributed by atoms with van der Waals surface area (Å²) in [5, 5.41) is 8.26. The molecule has 0 fully saturated rings. The van der Waals surface area contributed by atoms with Crippen molar-refractivity contribution in [2.24, 2.45) is 11.5 Å². The third kappa shape index (κ3) is 6.04. The minimum atomic E-state index is -5.08. The number of alkyl halides is 3. The molecule has 0 amide bonds. The van der Waals surface area contributed by atoms with Gasteiger partial charge in [-0.25, -0.2) is 14.8 Å². The largest absolute Gasteiger partial charge is 0.490 e. The van der Waals surface area contributed by atoms with Crippen molar-refractivity contribution in [3.8, 4) is 11.3 Å². The third-order valence-corrected chi connectivity index (χ3v) is 4.21. The summed E-state index contributed by atoms with van der Waals surface area (Å²) >= 11 is 12.2. The van der Waals surface area contributed by atoms with E-state index in [-0.39, 0.29) is 6.04 Å². The van der Waals surface area contributed by atoms with Crippen molar-refractivity contribution in [3.05, 3.63) is 52.5 Å². The number of nitrogens with zero attached hydrogens (tertiary/aromatic N) is 3. The molecule has 1 unspecified atom stereocenters. The van der Waals surface area contributed by atoms with Gasteiger partial charge < -0.3 is 16.6 Å². The molecule has 0 aliphatic rings. The highest BCUT2D eigenvalue weighted by molar-refractivity contribution is 6.36. The Balaban J connectivity index is 0.000000370. The van der Waals surface area contributed by atoms with Gasteiger partial charge in [-0.15, -0.1) is 0 Å². The van der Waals surface area contributed by atoms with Crippen LogP contribution in [0.3, 0.4) is 0 Å². The first kappa shape index (κ1) is 22.9. The average molecular weight is 450 g/mol. The van der Waals surface area contributed by atoms with Crippen molar-refractivity contribution in [3.63, 3.8) is 0 Å². The number of fused-ring (bicyclic) bond motifs is 1. The van der Waals surface area contributed by atoms with Crippen molar-refractivity contribution >= 4 is 34.8 Å². The Bertz CT molecular complexity index is 1010. The van der Waals surface area contributed by atoms with Gasteiger partial charge >= 0.3 is 12.1 Å². The van der Waals surface area contributed by atoms with Gasteiger partial charge in [0.15, 0.2) is 0 Å². The van der Waals surface area contributed by atoms with Crippen LogP contribution in [-0.4, -0.2) is 44.2 Å². The van der Waals surface area contributed by atoms with Gasteiger partial charge in [-0.05, 0) is 18.2 Å². The van der Waals surface area contributed by atoms with Gasteiger partial charge in [0, 0.05) is 48.1 Å². The van der Waals surface area contributed by atoms with Crippen LogP contribution in [-0.2, 0) is 11.2 Å². The molecule has 2 heterocycles. The molecule has 0 spiro atoms. The zero-order valence-electron chi connectivity index (χ0n) is 14.7. The van der Waals surface area contributed by atoms with E-state index in [1.54, 1.807) is 18.3 Å². The van der Waals surface area contributed by atoms with Gasteiger partial charge in [0.2, 0.25) is 0 Å². The topological polar surface area (TPSA) is 120 Å². The Kier molecular flexibility index (Phi) is 7.42. The van der Waals surface area contributed by atoms with E-state index < -0.39 is 12.1 Å². The quantitative estimate of drug-likeness (QED) is 0.562. The minimum Gasteiger partial charge on any atom is -0.475 e. The van der Waals surface area contributed by atoms with Crippen molar-refractivity contribution in [1.82, 2.24) is 14.4 Å². The minimum absolute atomic E-state index is 0.158. The molecule has 7 nitrogen and oxygen atoms in total. The Morgan fingerprint density at radius 1 is 1.28 bits per heavy atom. The second-order valence-electron chi connectivity index (χ2n) is 5.84. The van der Waals surface area contributed by atoms with E-state index in [0.29, 0.717) is 23.0 Å². The number of aromatic nitrogens is 3. The number of halogens is 5. The summed E-state index contributed by atoms with van der Waals surface area (Å²) in [4.78, 5) is 17.9. The van der Waals surface area contributed by atoms with Crippen molar-refractivity contribution in [2.45, 2.75) is 18.6 Å². The highest BCUT2D eigenvalue weighted by Gasteiger charge is 2.38. The molecule has 0 bridgehead atoms. The molecule has 1 atom stereocenters. The van der Waals surface area contributed by atoms with Crippen LogP contribution in [0.25, 0.3) is 16.9 Å².